The number of aromatic nitrogens is 1. The normalized spacial score (nSPS) is 10.8. The van der Waals surface area contributed by atoms with E-state index in [-0.39, 0.29) is 0 Å². The molecule has 0 aliphatic rings. The van der Waals surface area contributed by atoms with Crippen molar-refractivity contribution in [3.63, 3.8) is 0 Å². The lowest BCUT2D eigenvalue weighted by Gasteiger charge is -2.01. The van der Waals surface area contributed by atoms with Crippen molar-refractivity contribution in [3.8, 4) is 0 Å². The molecule has 1 N–H and O–H groups in total. The Bertz CT molecular complexity index is 496. The lowest BCUT2D eigenvalue weighted by atomic mass is 10.2. The van der Waals surface area contributed by atoms with E-state index in [2.05, 4.69) is 51.4 Å². The molecule has 2 rings (SSSR count). The zero-order chi connectivity index (χ0) is 12.8. The van der Waals surface area contributed by atoms with Gasteiger partial charge in [0.05, 0.1) is 5.01 Å². The number of nitrogens with zero attached hydrogens (tertiary/aromatic N) is 1. The van der Waals surface area contributed by atoms with Crippen molar-refractivity contribution in [2.45, 2.75) is 26.3 Å². The molecule has 0 saturated carbocycles. The molecule has 0 saturated heterocycles. The molecule has 0 aliphatic heterocycles. The van der Waals surface area contributed by atoms with Crippen LogP contribution in [0.15, 0.2) is 34.9 Å². The first-order chi connectivity index (χ1) is 8.79. The third-order valence-electron chi connectivity index (χ3n) is 2.63. The lowest BCUT2D eigenvalue weighted by Crippen LogP contribution is -2.12. The number of hydrogen-bond donors (Lipinski definition) is 1. The second-order valence-corrected chi connectivity index (χ2v) is 6.22. The highest BCUT2D eigenvalue weighted by atomic mass is 79.9. The summed E-state index contributed by atoms with van der Waals surface area (Å²) in [5.74, 6) is 0. The summed E-state index contributed by atoms with van der Waals surface area (Å²) in [6.07, 6.45) is 4.06. The molecule has 0 unspecified atom stereocenters. The van der Waals surface area contributed by atoms with E-state index in [9.17, 15) is 0 Å². The van der Waals surface area contributed by atoms with Gasteiger partial charge in [0.25, 0.3) is 0 Å². The van der Waals surface area contributed by atoms with Gasteiger partial charge in [-0.1, -0.05) is 41.1 Å². The molecular weight excluding hydrogens is 308 g/mol. The molecule has 1 heterocycles. The Morgan fingerprint density at radius 3 is 2.94 bits per heavy atom. The first-order valence-electron chi connectivity index (χ1n) is 6.17. The van der Waals surface area contributed by atoms with Crippen LogP contribution in [0.3, 0.4) is 0 Å². The molecule has 0 fully saturated rings. The number of hydrogen-bond acceptors (Lipinski definition) is 3. The Morgan fingerprint density at radius 2 is 2.17 bits per heavy atom. The fourth-order valence-corrected chi connectivity index (χ4v) is 3.04. The summed E-state index contributed by atoms with van der Waals surface area (Å²) in [5.41, 5.74) is 1.29. The van der Waals surface area contributed by atoms with Gasteiger partial charge >= 0.3 is 0 Å². The Morgan fingerprint density at radius 1 is 1.33 bits per heavy atom. The first-order valence-corrected chi connectivity index (χ1v) is 7.78. The van der Waals surface area contributed by atoms with Crippen LogP contribution in [-0.4, -0.2) is 11.5 Å². The van der Waals surface area contributed by atoms with Crippen molar-refractivity contribution in [3.05, 3.63) is 50.4 Å². The predicted octanol–water partition coefficient (Wildman–Crippen LogP) is 4.00. The lowest BCUT2D eigenvalue weighted by molar-refractivity contribution is 0.681. The third-order valence-corrected chi connectivity index (χ3v) is 4.40. The molecule has 1 aromatic carbocycles. The van der Waals surface area contributed by atoms with Crippen LogP contribution in [0, 0.1) is 0 Å². The molecule has 96 valence electrons. The molecule has 0 bridgehead atoms. The molecular formula is C14H17BrN2S. The maximum atomic E-state index is 4.49. The fourth-order valence-electron chi connectivity index (χ4n) is 1.70. The maximum absolute atomic E-state index is 4.49. The Hall–Kier alpha value is -0.710. The third kappa shape index (κ3) is 3.90. The molecule has 2 aromatic rings. The summed E-state index contributed by atoms with van der Waals surface area (Å²) < 4.78 is 1.16. The summed E-state index contributed by atoms with van der Waals surface area (Å²) in [4.78, 5) is 5.80. The van der Waals surface area contributed by atoms with E-state index in [1.54, 1.807) is 11.3 Å². The summed E-state index contributed by atoms with van der Waals surface area (Å²) >= 11 is 5.37. The summed E-state index contributed by atoms with van der Waals surface area (Å²) in [6, 6.07) is 8.32. The maximum Gasteiger partial charge on any atom is 0.0972 e. The second-order valence-electron chi connectivity index (χ2n) is 4.17. The number of halogens is 1. The van der Waals surface area contributed by atoms with Crippen LogP contribution in [0.4, 0.5) is 0 Å². The molecule has 18 heavy (non-hydrogen) atoms. The molecule has 0 atom stereocenters. The molecule has 1 aromatic heterocycles. The number of benzene rings is 1. The van der Waals surface area contributed by atoms with Gasteiger partial charge < -0.3 is 5.32 Å². The van der Waals surface area contributed by atoms with Crippen molar-refractivity contribution < 1.29 is 0 Å². The van der Waals surface area contributed by atoms with Gasteiger partial charge in [0, 0.05) is 28.5 Å². The fraction of sp³-hybridized carbons (Fsp3) is 0.357. The van der Waals surface area contributed by atoms with Gasteiger partial charge in [-0.15, -0.1) is 11.3 Å². The highest BCUT2D eigenvalue weighted by Gasteiger charge is 2.05. The van der Waals surface area contributed by atoms with Crippen LogP contribution in [0.2, 0.25) is 0 Å². The minimum atomic E-state index is 0.903. The zero-order valence-electron chi connectivity index (χ0n) is 10.4. The van der Waals surface area contributed by atoms with Crippen molar-refractivity contribution in [1.82, 2.24) is 10.3 Å². The number of rotatable bonds is 6. The Balaban J connectivity index is 1.96. The summed E-state index contributed by atoms with van der Waals surface area (Å²) in [5, 5.41) is 4.58. The molecule has 0 spiro atoms. The van der Waals surface area contributed by atoms with Gasteiger partial charge in [-0.25, -0.2) is 4.98 Å². The predicted molar refractivity (Wildman–Crippen MR) is 81.1 cm³/mol. The summed E-state index contributed by atoms with van der Waals surface area (Å²) in [6.45, 7) is 4.18. The van der Waals surface area contributed by atoms with Crippen LogP contribution >= 0.6 is 27.3 Å². The van der Waals surface area contributed by atoms with Crippen molar-refractivity contribution in [2.24, 2.45) is 0 Å². The largest absolute Gasteiger partial charge is 0.312 e. The minimum absolute atomic E-state index is 0.903. The highest BCUT2D eigenvalue weighted by molar-refractivity contribution is 9.10. The number of nitrogens with one attached hydrogen (secondary N) is 1. The molecule has 0 aliphatic carbocycles. The Kier molecular flexibility index (Phi) is 5.35. The van der Waals surface area contributed by atoms with E-state index >= 15 is 0 Å². The average Bonchev–Trinajstić information content (AvgIpc) is 2.80. The van der Waals surface area contributed by atoms with E-state index in [0.29, 0.717) is 0 Å². The van der Waals surface area contributed by atoms with Crippen molar-refractivity contribution in [1.29, 1.82) is 0 Å². The van der Waals surface area contributed by atoms with Crippen molar-refractivity contribution in [2.75, 3.05) is 6.54 Å². The van der Waals surface area contributed by atoms with Gasteiger partial charge in [0.1, 0.15) is 0 Å². The van der Waals surface area contributed by atoms with Crippen LogP contribution in [0.1, 0.15) is 28.8 Å². The van der Waals surface area contributed by atoms with Crippen LogP contribution in [-0.2, 0) is 13.0 Å². The average molecular weight is 325 g/mol. The first kappa shape index (κ1) is 13.7. The standard InChI is InChI=1S/C14H17BrN2S/c1-2-7-16-9-12-10-17-14(18-12)8-11-5-3-4-6-13(11)15/h3-6,10,16H,2,7-9H2,1H3. The Labute approximate surface area is 121 Å². The monoisotopic (exact) mass is 324 g/mol. The van der Waals surface area contributed by atoms with Gasteiger partial charge in [-0.2, -0.15) is 0 Å². The molecule has 0 radical (unpaired) electrons. The van der Waals surface area contributed by atoms with Crippen LogP contribution in [0.5, 0.6) is 0 Å². The number of thiazole rings is 1. The minimum Gasteiger partial charge on any atom is -0.312 e. The van der Waals surface area contributed by atoms with Gasteiger partial charge in [0.15, 0.2) is 0 Å². The van der Waals surface area contributed by atoms with Crippen LogP contribution < -0.4 is 5.32 Å². The summed E-state index contributed by atoms with van der Waals surface area (Å²) in [7, 11) is 0. The second kappa shape index (κ2) is 7.02. The van der Waals surface area contributed by atoms with E-state index < -0.39 is 0 Å². The highest BCUT2D eigenvalue weighted by Crippen LogP contribution is 2.22. The topological polar surface area (TPSA) is 24.9 Å². The van der Waals surface area contributed by atoms with E-state index in [1.165, 1.54) is 21.9 Å². The molecule has 4 heteroatoms. The smallest absolute Gasteiger partial charge is 0.0972 e. The van der Waals surface area contributed by atoms with Gasteiger partial charge in [-0.05, 0) is 24.6 Å². The van der Waals surface area contributed by atoms with E-state index in [0.717, 1.165) is 24.0 Å². The zero-order valence-corrected chi connectivity index (χ0v) is 12.9. The van der Waals surface area contributed by atoms with E-state index in [1.807, 2.05) is 12.3 Å². The molecule has 0 amide bonds. The van der Waals surface area contributed by atoms with E-state index in [4.69, 9.17) is 0 Å². The van der Waals surface area contributed by atoms with Gasteiger partial charge in [0.2, 0.25) is 0 Å². The van der Waals surface area contributed by atoms with Crippen LogP contribution in [0.25, 0.3) is 0 Å². The van der Waals surface area contributed by atoms with Gasteiger partial charge in [-0.3, -0.25) is 0 Å². The quantitative estimate of drug-likeness (QED) is 0.812. The molecule has 2 nitrogen and oxygen atoms in total. The SMILES string of the molecule is CCCNCc1cnc(Cc2ccccc2Br)s1. The van der Waals surface area contributed by atoms with Crippen molar-refractivity contribution >= 4 is 27.3 Å².